The Kier molecular flexibility index (Phi) is 4.17. The van der Waals surface area contributed by atoms with Gasteiger partial charge in [0.2, 0.25) is 0 Å². The van der Waals surface area contributed by atoms with Gasteiger partial charge in [0.1, 0.15) is 5.60 Å². The summed E-state index contributed by atoms with van der Waals surface area (Å²) < 4.78 is 5.76. The van der Waals surface area contributed by atoms with E-state index in [9.17, 15) is 4.79 Å². The van der Waals surface area contributed by atoms with Gasteiger partial charge in [0.25, 0.3) is 0 Å². The van der Waals surface area contributed by atoms with Crippen LogP contribution in [0.4, 0.5) is 0 Å². The van der Waals surface area contributed by atoms with Crippen molar-refractivity contribution in [3.05, 3.63) is 24.8 Å². The molecule has 2 heteroatoms. The number of rotatable bonds is 6. The average Bonchev–Trinajstić information content (AvgIpc) is 2.97. The van der Waals surface area contributed by atoms with Gasteiger partial charge in [-0.15, -0.1) is 6.58 Å². The first-order valence-electron chi connectivity index (χ1n) is 7.45. The van der Waals surface area contributed by atoms with Crippen molar-refractivity contribution in [1.82, 2.24) is 0 Å². The highest BCUT2D eigenvalue weighted by Crippen LogP contribution is 2.44. The summed E-state index contributed by atoms with van der Waals surface area (Å²) in [6.07, 6.45) is 10.5. The molecule has 4 atom stereocenters. The number of carbonyl (C=O) groups excluding carboxylic acids is 1. The zero-order chi connectivity index (χ0) is 14.0. The van der Waals surface area contributed by atoms with E-state index < -0.39 is 0 Å². The van der Waals surface area contributed by atoms with Gasteiger partial charge in [-0.3, -0.25) is 4.79 Å². The first kappa shape index (κ1) is 14.4. The van der Waals surface area contributed by atoms with E-state index in [4.69, 9.17) is 4.74 Å². The van der Waals surface area contributed by atoms with Crippen LogP contribution in [0.2, 0.25) is 0 Å². The Morgan fingerprint density at radius 1 is 1.47 bits per heavy atom. The fraction of sp³-hybridized carbons (Fsp3) is 0.706. The van der Waals surface area contributed by atoms with Gasteiger partial charge in [-0.25, -0.2) is 0 Å². The third kappa shape index (κ3) is 3.49. The molecule has 2 rings (SSSR count). The summed E-state index contributed by atoms with van der Waals surface area (Å²) in [6.45, 7) is 9.98. The zero-order valence-electron chi connectivity index (χ0n) is 12.4. The maximum absolute atomic E-state index is 12.3. The zero-order valence-corrected chi connectivity index (χ0v) is 12.4. The molecule has 0 N–H and O–H groups in total. The molecular formula is C17H26O2. The maximum atomic E-state index is 12.3. The van der Waals surface area contributed by atoms with Crippen LogP contribution in [0.15, 0.2) is 24.8 Å². The van der Waals surface area contributed by atoms with Crippen LogP contribution in [0.3, 0.4) is 0 Å². The van der Waals surface area contributed by atoms with Crippen LogP contribution in [-0.2, 0) is 9.53 Å². The Morgan fingerprint density at radius 3 is 2.74 bits per heavy atom. The molecule has 3 unspecified atom stereocenters. The molecule has 0 radical (unpaired) electrons. The van der Waals surface area contributed by atoms with E-state index in [1.807, 2.05) is 19.9 Å². The van der Waals surface area contributed by atoms with Gasteiger partial charge in [-0.2, -0.15) is 0 Å². The van der Waals surface area contributed by atoms with Crippen LogP contribution in [-0.4, -0.2) is 11.6 Å². The van der Waals surface area contributed by atoms with Crippen molar-refractivity contribution in [3.8, 4) is 0 Å². The number of fused-ring (bicyclic) bond motifs is 2. The smallest absolute Gasteiger partial charge is 0.310 e. The molecule has 0 aliphatic heterocycles. The van der Waals surface area contributed by atoms with Crippen LogP contribution in [0, 0.1) is 23.7 Å². The molecule has 0 aromatic carbocycles. The standard InChI is InChI=1S/C17H26O2/c1-5-12(2)8-9-17(3,4)19-16(18)15-11-13-6-7-14(15)10-13/h5-7,12-15H,1,8-11H2,2-4H3/t12?,13-,14?,15?/m1/s1. The van der Waals surface area contributed by atoms with Gasteiger partial charge in [0, 0.05) is 0 Å². The van der Waals surface area contributed by atoms with Crippen LogP contribution in [0.25, 0.3) is 0 Å². The summed E-state index contributed by atoms with van der Waals surface area (Å²) in [7, 11) is 0. The minimum absolute atomic E-state index is 0.00751. The molecule has 0 heterocycles. The number of allylic oxidation sites excluding steroid dienone is 3. The van der Waals surface area contributed by atoms with E-state index in [2.05, 4.69) is 25.7 Å². The van der Waals surface area contributed by atoms with Gasteiger partial charge < -0.3 is 4.74 Å². The normalized spacial score (nSPS) is 30.4. The second kappa shape index (κ2) is 5.52. The van der Waals surface area contributed by atoms with Crippen molar-refractivity contribution >= 4 is 5.97 Å². The third-order valence-corrected chi connectivity index (χ3v) is 4.56. The molecule has 19 heavy (non-hydrogen) atoms. The Bertz CT molecular complexity index is 381. The average molecular weight is 262 g/mol. The third-order valence-electron chi connectivity index (χ3n) is 4.56. The van der Waals surface area contributed by atoms with Crippen molar-refractivity contribution in [2.24, 2.45) is 23.7 Å². The second-order valence-corrected chi connectivity index (χ2v) is 6.82. The summed E-state index contributed by atoms with van der Waals surface area (Å²) in [5.74, 6) is 1.63. The molecule has 1 fully saturated rings. The Labute approximate surface area is 116 Å². The van der Waals surface area contributed by atoms with Gasteiger partial charge in [-0.1, -0.05) is 25.2 Å². The lowest BCUT2D eigenvalue weighted by atomic mass is 9.92. The Balaban J connectivity index is 1.84. The number of esters is 1. The highest BCUT2D eigenvalue weighted by Gasteiger charge is 2.42. The fourth-order valence-corrected chi connectivity index (χ4v) is 3.14. The maximum Gasteiger partial charge on any atom is 0.310 e. The minimum Gasteiger partial charge on any atom is -0.459 e. The lowest BCUT2D eigenvalue weighted by Gasteiger charge is -2.29. The summed E-state index contributed by atoms with van der Waals surface area (Å²) in [5, 5.41) is 0. The lowest BCUT2D eigenvalue weighted by molar-refractivity contribution is -0.163. The Morgan fingerprint density at radius 2 is 2.21 bits per heavy atom. The molecule has 2 aliphatic rings. The molecular weight excluding hydrogens is 236 g/mol. The lowest BCUT2D eigenvalue weighted by Crippen LogP contribution is -2.33. The van der Waals surface area contributed by atoms with E-state index >= 15 is 0 Å². The van der Waals surface area contributed by atoms with Crippen molar-refractivity contribution in [2.45, 2.75) is 52.1 Å². The minimum atomic E-state index is -0.361. The van der Waals surface area contributed by atoms with Crippen molar-refractivity contribution in [3.63, 3.8) is 0 Å². The number of hydrogen-bond acceptors (Lipinski definition) is 2. The quantitative estimate of drug-likeness (QED) is 0.531. The summed E-state index contributed by atoms with van der Waals surface area (Å²) in [6, 6.07) is 0. The molecule has 2 bridgehead atoms. The molecule has 0 amide bonds. The SMILES string of the molecule is C=CC(C)CCC(C)(C)OC(=O)C1C[C@@H]2C=CC1C2. The molecule has 0 saturated heterocycles. The van der Waals surface area contributed by atoms with E-state index in [0.29, 0.717) is 17.8 Å². The van der Waals surface area contributed by atoms with Crippen LogP contribution in [0.5, 0.6) is 0 Å². The fourth-order valence-electron chi connectivity index (χ4n) is 3.14. The summed E-state index contributed by atoms with van der Waals surface area (Å²) in [4.78, 5) is 12.3. The molecule has 0 spiro atoms. The molecule has 106 valence electrons. The highest BCUT2D eigenvalue weighted by molar-refractivity contribution is 5.74. The number of ether oxygens (including phenoxy) is 1. The van der Waals surface area contributed by atoms with E-state index in [1.165, 1.54) is 0 Å². The molecule has 2 nitrogen and oxygen atoms in total. The van der Waals surface area contributed by atoms with Crippen molar-refractivity contribution in [2.75, 3.05) is 0 Å². The van der Waals surface area contributed by atoms with E-state index in [-0.39, 0.29) is 17.5 Å². The van der Waals surface area contributed by atoms with Crippen molar-refractivity contribution < 1.29 is 9.53 Å². The van der Waals surface area contributed by atoms with Crippen LogP contribution >= 0.6 is 0 Å². The molecule has 1 saturated carbocycles. The molecule has 2 aliphatic carbocycles. The van der Waals surface area contributed by atoms with E-state index in [0.717, 1.165) is 25.7 Å². The van der Waals surface area contributed by atoms with E-state index in [1.54, 1.807) is 0 Å². The first-order chi connectivity index (χ1) is 8.91. The molecule has 0 aromatic rings. The number of hydrogen-bond donors (Lipinski definition) is 0. The predicted octanol–water partition coefficient (Wildman–Crippen LogP) is 4.12. The van der Waals surface area contributed by atoms with Crippen LogP contribution < -0.4 is 0 Å². The number of carbonyl (C=O) groups is 1. The predicted molar refractivity (Wildman–Crippen MR) is 77.6 cm³/mol. The second-order valence-electron chi connectivity index (χ2n) is 6.82. The largest absolute Gasteiger partial charge is 0.459 e. The van der Waals surface area contributed by atoms with Gasteiger partial charge in [-0.05, 0) is 57.3 Å². The summed E-state index contributed by atoms with van der Waals surface area (Å²) >= 11 is 0. The van der Waals surface area contributed by atoms with Gasteiger partial charge >= 0.3 is 5.97 Å². The Hall–Kier alpha value is -1.05. The summed E-state index contributed by atoms with van der Waals surface area (Å²) in [5.41, 5.74) is -0.361. The molecule has 0 aromatic heterocycles. The topological polar surface area (TPSA) is 26.3 Å². The van der Waals surface area contributed by atoms with Crippen molar-refractivity contribution in [1.29, 1.82) is 0 Å². The van der Waals surface area contributed by atoms with Gasteiger partial charge in [0.05, 0.1) is 5.92 Å². The van der Waals surface area contributed by atoms with Gasteiger partial charge in [0.15, 0.2) is 0 Å². The monoisotopic (exact) mass is 262 g/mol. The highest BCUT2D eigenvalue weighted by atomic mass is 16.6. The van der Waals surface area contributed by atoms with Crippen LogP contribution in [0.1, 0.15) is 46.5 Å². The first-order valence-corrected chi connectivity index (χ1v) is 7.45.